The van der Waals surface area contributed by atoms with Gasteiger partial charge < -0.3 is 5.32 Å². The summed E-state index contributed by atoms with van der Waals surface area (Å²) in [6.07, 6.45) is 6.64. The van der Waals surface area contributed by atoms with Gasteiger partial charge in [0.05, 0.1) is 0 Å². The van der Waals surface area contributed by atoms with Crippen molar-refractivity contribution in [3.63, 3.8) is 0 Å². The molecule has 2 aromatic carbocycles. The van der Waals surface area contributed by atoms with Gasteiger partial charge in [-0.3, -0.25) is 14.9 Å². The Hall–Kier alpha value is -2.77. The van der Waals surface area contributed by atoms with Gasteiger partial charge >= 0.3 is 0 Å². The minimum atomic E-state index is -0.693. The molecule has 1 fully saturated rings. The second-order valence-electron chi connectivity index (χ2n) is 8.41. The molecule has 1 saturated carbocycles. The predicted octanol–water partition coefficient (Wildman–Crippen LogP) is 5.49. The number of nitrogens with one attached hydrogen (secondary N) is 2. The van der Waals surface area contributed by atoms with Crippen LogP contribution in [-0.2, 0) is 16.0 Å². The standard InChI is InChI=1S/C25H27ClN4O2S/c26-20-12-6-11-19(16-20)24-29-30-25(33-24)28-23(32)21(15-18-9-2-1-3-10-18)27-22(31)14-13-17-7-4-5-8-17/h1-3,6,9-12,16-17,21H,4-5,7-8,13-15H2,(H,27,31)(H,28,30,32)/t21-/m0/s1. The molecular weight excluding hydrogens is 456 g/mol. The Balaban J connectivity index is 1.41. The van der Waals surface area contributed by atoms with E-state index in [1.807, 2.05) is 42.5 Å². The molecule has 6 nitrogen and oxygen atoms in total. The Labute approximate surface area is 202 Å². The molecule has 4 rings (SSSR count). The van der Waals surface area contributed by atoms with Gasteiger partial charge in [-0.05, 0) is 30.0 Å². The smallest absolute Gasteiger partial charge is 0.249 e. The zero-order chi connectivity index (χ0) is 23.0. The average Bonchev–Trinajstić information content (AvgIpc) is 3.50. The Kier molecular flexibility index (Phi) is 8.07. The van der Waals surface area contributed by atoms with Crippen molar-refractivity contribution in [1.29, 1.82) is 0 Å². The Bertz CT molecular complexity index is 1080. The normalized spacial score (nSPS) is 14.7. The van der Waals surface area contributed by atoms with E-state index >= 15 is 0 Å². The fourth-order valence-corrected chi connectivity index (χ4v) is 5.10. The molecule has 0 bridgehead atoms. The summed E-state index contributed by atoms with van der Waals surface area (Å²) in [4.78, 5) is 25.8. The van der Waals surface area contributed by atoms with E-state index in [-0.39, 0.29) is 11.8 Å². The lowest BCUT2D eigenvalue weighted by Gasteiger charge is -2.18. The summed E-state index contributed by atoms with van der Waals surface area (Å²) in [5.41, 5.74) is 1.81. The van der Waals surface area contributed by atoms with Crippen LogP contribution in [0.25, 0.3) is 10.6 Å². The first kappa shape index (κ1) is 23.4. The van der Waals surface area contributed by atoms with E-state index in [4.69, 9.17) is 11.6 Å². The molecule has 2 amide bonds. The van der Waals surface area contributed by atoms with Crippen LogP contribution in [0.3, 0.4) is 0 Å². The van der Waals surface area contributed by atoms with Crippen molar-refractivity contribution in [1.82, 2.24) is 15.5 Å². The fraction of sp³-hybridized carbons (Fsp3) is 0.360. The van der Waals surface area contributed by atoms with Gasteiger partial charge in [-0.25, -0.2) is 0 Å². The molecule has 0 saturated heterocycles. The number of amides is 2. The van der Waals surface area contributed by atoms with E-state index in [2.05, 4.69) is 20.8 Å². The lowest BCUT2D eigenvalue weighted by Crippen LogP contribution is -2.45. The molecular formula is C25H27ClN4O2S. The molecule has 0 radical (unpaired) electrons. The Morgan fingerprint density at radius 1 is 1.06 bits per heavy atom. The number of hydrogen-bond donors (Lipinski definition) is 2. The minimum absolute atomic E-state index is 0.0881. The zero-order valence-electron chi connectivity index (χ0n) is 18.3. The first-order chi connectivity index (χ1) is 16.1. The SMILES string of the molecule is O=C(CCC1CCCC1)N[C@@H](Cc1ccccc1)C(=O)Nc1nnc(-c2cccc(Cl)c2)s1. The van der Waals surface area contributed by atoms with E-state index in [0.29, 0.717) is 33.9 Å². The quantitative estimate of drug-likeness (QED) is 0.422. The van der Waals surface area contributed by atoms with Gasteiger partial charge in [-0.1, -0.05) is 91.1 Å². The lowest BCUT2D eigenvalue weighted by atomic mass is 10.0. The van der Waals surface area contributed by atoms with Gasteiger partial charge in [-0.15, -0.1) is 10.2 Å². The highest BCUT2D eigenvalue weighted by molar-refractivity contribution is 7.18. The van der Waals surface area contributed by atoms with Crippen molar-refractivity contribution in [2.75, 3.05) is 5.32 Å². The molecule has 33 heavy (non-hydrogen) atoms. The van der Waals surface area contributed by atoms with Crippen molar-refractivity contribution < 1.29 is 9.59 Å². The van der Waals surface area contributed by atoms with Crippen LogP contribution in [0.5, 0.6) is 0 Å². The van der Waals surface area contributed by atoms with Crippen molar-refractivity contribution in [3.8, 4) is 10.6 Å². The number of nitrogens with zero attached hydrogens (tertiary/aromatic N) is 2. The van der Waals surface area contributed by atoms with Crippen LogP contribution >= 0.6 is 22.9 Å². The van der Waals surface area contributed by atoms with Crippen molar-refractivity contribution >= 4 is 39.9 Å². The van der Waals surface area contributed by atoms with Gasteiger partial charge in [0.25, 0.3) is 0 Å². The number of hydrogen-bond acceptors (Lipinski definition) is 5. The molecule has 1 aliphatic rings. The maximum Gasteiger partial charge on any atom is 0.249 e. The third-order valence-corrected chi connectivity index (χ3v) is 7.04. The van der Waals surface area contributed by atoms with Crippen molar-refractivity contribution in [2.45, 2.75) is 51.0 Å². The number of anilines is 1. The zero-order valence-corrected chi connectivity index (χ0v) is 19.9. The van der Waals surface area contributed by atoms with Gasteiger partial charge in [0.1, 0.15) is 11.0 Å². The maximum absolute atomic E-state index is 13.1. The summed E-state index contributed by atoms with van der Waals surface area (Å²) in [5, 5.41) is 15.7. The Morgan fingerprint density at radius 3 is 2.61 bits per heavy atom. The topological polar surface area (TPSA) is 84.0 Å². The maximum atomic E-state index is 13.1. The van der Waals surface area contributed by atoms with Crippen LogP contribution in [0.2, 0.25) is 5.02 Å². The van der Waals surface area contributed by atoms with Crippen LogP contribution in [0, 0.1) is 5.92 Å². The number of carbonyl (C=O) groups is 2. The highest BCUT2D eigenvalue weighted by atomic mass is 35.5. The van der Waals surface area contributed by atoms with E-state index in [9.17, 15) is 9.59 Å². The molecule has 2 N–H and O–H groups in total. The van der Waals surface area contributed by atoms with Crippen LogP contribution in [0.1, 0.15) is 44.1 Å². The summed E-state index contributed by atoms with van der Waals surface area (Å²) >= 11 is 7.33. The lowest BCUT2D eigenvalue weighted by molar-refractivity contribution is -0.126. The second kappa shape index (κ2) is 11.4. The summed E-state index contributed by atoms with van der Waals surface area (Å²) < 4.78 is 0. The van der Waals surface area contributed by atoms with Gasteiger partial charge in [0, 0.05) is 23.4 Å². The number of carbonyl (C=O) groups excluding carboxylic acids is 2. The third-order valence-electron chi connectivity index (χ3n) is 5.92. The van der Waals surface area contributed by atoms with Crippen LogP contribution < -0.4 is 10.6 Å². The number of aromatic nitrogens is 2. The molecule has 172 valence electrons. The molecule has 1 heterocycles. The Morgan fingerprint density at radius 2 is 1.85 bits per heavy atom. The summed E-state index contributed by atoms with van der Waals surface area (Å²) in [7, 11) is 0. The monoisotopic (exact) mass is 482 g/mol. The molecule has 1 aliphatic carbocycles. The molecule has 0 spiro atoms. The molecule has 1 atom stereocenters. The van der Waals surface area contributed by atoms with Crippen LogP contribution in [0.15, 0.2) is 54.6 Å². The summed E-state index contributed by atoms with van der Waals surface area (Å²) in [6, 6.07) is 16.3. The largest absolute Gasteiger partial charge is 0.344 e. The van der Waals surface area contributed by atoms with Crippen molar-refractivity contribution in [3.05, 3.63) is 65.2 Å². The number of halogens is 1. The highest BCUT2D eigenvalue weighted by Gasteiger charge is 2.24. The van der Waals surface area contributed by atoms with E-state index < -0.39 is 6.04 Å². The van der Waals surface area contributed by atoms with Crippen LogP contribution in [0.4, 0.5) is 5.13 Å². The highest BCUT2D eigenvalue weighted by Crippen LogP contribution is 2.29. The first-order valence-corrected chi connectivity index (χ1v) is 12.5. The van der Waals surface area contributed by atoms with Gasteiger partial charge in [0.15, 0.2) is 0 Å². The van der Waals surface area contributed by atoms with Gasteiger partial charge in [0.2, 0.25) is 16.9 Å². The third kappa shape index (κ3) is 6.85. The second-order valence-corrected chi connectivity index (χ2v) is 9.82. The predicted molar refractivity (Wildman–Crippen MR) is 132 cm³/mol. The van der Waals surface area contributed by atoms with E-state index in [0.717, 1.165) is 17.5 Å². The van der Waals surface area contributed by atoms with E-state index in [1.54, 1.807) is 12.1 Å². The minimum Gasteiger partial charge on any atom is -0.344 e. The molecule has 0 unspecified atom stereocenters. The molecule has 3 aromatic rings. The van der Waals surface area contributed by atoms with Crippen molar-refractivity contribution in [2.24, 2.45) is 5.92 Å². The first-order valence-electron chi connectivity index (χ1n) is 11.3. The molecule has 8 heteroatoms. The van der Waals surface area contributed by atoms with Crippen LogP contribution in [-0.4, -0.2) is 28.1 Å². The fourth-order valence-electron chi connectivity index (χ4n) is 4.16. The molecule has 1 aromatic heterocycles. The van der Waals surface area contributed by atoms with E-state index in [1.165, 1.54) is 37.0 Å². The number of benzene rings is 2. The molecule has 0 aliphatic heterocycles. The average molecular weight is 483 g/mol. The summed E-state index contributed by atoms with van der Waals surface area (Å²) in [6.45, 7) is 0. The number of rotatable bonds is 9. The van der Waals surface area contributed by atoms with Gasteiger partial charge in [-0.2, -0.15) is 0 Å². The summed E-state index contributed by atoms with van der Waals surface area (Å²) in [5.74, 6) is 0.236.